The first-order valence-corrected chi connectivity index (χ1v) is 6.01. The van der Waals surface area contributed by atoms with Crippen LogP contribution in [0.15, 0.2) is 18.2 Å². The van der Waals surface area contributed by atoms with Crippen LogP contribution >= 0.6 is 12.6 Å². The van der Waals surface area contributed by atoms with Crippen molar-refractivity contribution >= 4 is 24.2 Å². The summed E-state index contributed by atoms with van der Waals surface area (Å²) in [5, 5.41) is 20.4. The highest BCUT2D eigenvalue weighted by molar-refractivity contribution is 7.80. The minimum Gasteiger partial charge on any atom is -0.379 e. The molecule has 20 heavy (non-hydrogen) atoms. The topological polar surface area (TPSA) is 73.1 Å². The van der Waals surface area contributed by atoms with Gasteiger partial charge < -0.3 is 10.4 Å². The molecule has 1 amide bonds. The molecular formula is C12H11F3N2O2S. The molecule has 1 aromatic carbocycles. The molecule has 1 rings (SSSR count). The lowest BCUT2D eigenvalue weighted by Gasteiger charge is -2.20. The Bertz CT molecular complexity index is 565. The molecule has 4 nitrogen and oxygen atoms in total. The van der Waals surface area contributed by atoms with Crippen molar-refractivity contribution in [1.82, 2.24) is 0 Å². The van der Waals surface area contributed by atoms with E-state index in [-0.39, 0.29) is 11.4 Å². The third-order valence-electron chi connectivity index (χ3n) is 2.50. The van der Waals surface area contributed by atoms with Crippen molar-refractivity contribution in [3.05, 3.63) is 29.3 Å². The molecule has 108 valence electrons. The summed E-state index contributed by atoms with van der Waals surface area (Å²) in [5.41, 5.74) is -3.67. The molecule has 0 aromatic heterocycles. The number of anilines is 1. The highest BCUT2D eigenvalue weighted by Gasteiger charge is 2.34. The third kappa shape index (κ3) is 3.65. The van der Waals surface area contributed by atoms with Crippen LogP contribution in [0.5, 0.6) is 0 Å². The molecule has 0 saturated heterocycles. The molecule has 1 aromatic rings. The maximum Gasteiger partial charge on any atom is 0.417 e. The molecule has 0 spiro atoms. The van der Waals surface area contributed by atoms with E-state index in [4.69, 9.17) is 5.26 Å². The van der Waals surface area contributed by atoms with E-state index in [1.165, 1.54) is 13.0 Å². The number of rotatable bonds is 3. The van der Waals surface area contributed by atoms with Crippen molar-refractivity contribution in [1.29, 1.82) is 5.26 Å². The first-order chi connectivity index (χ1) is 9.11. The van der Waals surface area contributed by atoms with Crippen LogP contribution in [-0.4, -0.2) is 22.4 Å². The molecule has 0 aliphatic carbocycles. The molecule has 1 unspecified atom stereocenters. The largest absolute Gasteiger partial charge is 0.417 e. The number of nitriles is 1. The Balaban J connectivity index is 3.12. The van der Waals surface area contributed by atoms with E-state index in [1.54, 1.807) is 0 Å². The lowest BCUT2D eigenvalue weighted by molar-refractivity contribution is -0.137. The lowest BCUT2D eigenvalue weighted by Crippen LogP contribution is -2.41. The molecule has 0 bridgehead atoms. The van der Waals surface area contributed by atoms with Gasteiger partial charge in [0.15, 0.2) is 0 Å². The number of nitrogens with zero attached hydrogens (tertiary/aromatic N) is 1. The van der Waals surface area contributed by atoms with Gasteiger partial charge in [0.05, 0.1) is 17.2 Å². The van der Waals surface area contributed by atoms with Gasteiger partial charge in [0.25, 0.3) is 5.91 Å². The van der Waals surface area contributed by atoms with Gasteiger partial charge in [-0.2, -0.15) is 31.1 Å². The average Bonchev–Trinajstić information content (AvgIpc) is 2.37. The van der Waals surface area contributed by atoms with E-state index in [1.807, 2.05) is 0 Å². The molecule has 0 saturated carbocycles. The van der Waals surface area contributed by atoms with E-state index in [2.05, 4.69) is 17.9 Å². The number of aliphatic hydroxyl groups is 1. The summed E-state index contributed by atoms with van der Waals surface area (Å²) in [6, 6.07) is 4.18. The first-order valence-electron chi connectivity index (χ1n) is 5.38. The van der Waals surface area contributed by atoms with Crippen LogP contribution in [0, 0.1) is 11.3 Å². The van der Waals surface area contributed by atoms with Crippen LogP contribution in [0.2, 0.25) is 0 Å². The van der Waals surface area contributed by atoms with E-state index >= 15 is 0 Å². The van der Waals surface area contributed by atoms with E-state index in [0.717, 1.165) is 12.1 Å². The fourth-order valence-corrected chi connectivity index (χ4v) is 1.44. The highest BCUT2D eigenvalue weighted by Crippen LogP contribution is 2.33. The van der Waals surface area contributed by atoms with Crippen LogP contribution in [0.4, 0.5) is 18.9 Å². The summed E-state index contributed by atoms with van der Waals surface area (Å²) in [4.78, 5) is 11.6. The zero-order valence-electron chi connectivity index (χ0n) is 10.3. The second-order valence-electron chi connectivity index (χ2n) is 4.26. The third-order valence-corrected chi connectivity index (χ3v) is 3.12. The Hall–Kier alpha value is -1.72. The minimum absolute atomic E-state index is 0.164. The van der Waals surface area contributed by atoms with Crippen LogP contribution in [0.3, 0.4) is 0 Å². The second-order valence-corrected chi connectivity index (χ2v) is 4.57. The number of thiol groups is 1. The van der Waals surface area contributed by atoms with E-state index in [9.17, 15) is 23.1 Å². The predicted octanol–water partition coefficient (Wildman–Crippen LogP) is 2.20. The summed E-state index contributed by atoms with van der Waals surface area (Å²) in [6.45, 7) is 1.18. The van der Waals surface area contributed by atoms with Crippen molar-refractivity contribution in [2.45, 2.75) is 18.7 Å². The number of hydrogen-bond donors (Lipinski definition) is 3. The maximum absolute atomic E-state index is 12.7. The zero-order chi connectivity index (χ0) is 15.6. The predicted molar refractivity (Wildman–Crippen MR) is 69.3 cm³/mol. The van der Waals surface area contributed by atoms with Gasteiger partial charge in [0.1, 0.15) is 5.60 Å². The number of carbonyl (C=O) groups is 1. The quantitative estimate of drug-likeness (QED) is 0.750. The summed E-state index contributed by atoms with van der Waals surface area (Å²) in [7, 11) is 0. The Morgan fingerprint density at radius 3 is 2.55 bits per heavy atom. The van der Waals surface area contributed by atoms with Crippen LogP contribution in [0.1, 0.15) is 18.1 Å². The average molecular weight is 304 g/mol. The number of halogens is 3. The van der Waals surface area contributed by atoms with Gasteiger partial charge >= 0.3 is 6.18 Å². The number of nitrogens with one attached hydrogen (secondary N) is 1. The molecule has 8 heteroatoms. The Morgan fingerprint density at radius 1 is 1.50 bits per heavy atom. The fraction of sp³-hybridized carbons (Fsp3) is 0.333. The Morgan fingerprint density at radius 2 is 2.10 bits per heavy atom. The van der Waals surface area contributed by atoms with Crippen molar-refractivity contribution < 1.29 is 23.1 Å². The smallest absolute Gasteiger partial charge is 0.379 e. The molecule has 2 N–H and O–H groups in total. The molecule has 0 aliphatic heterocycles. The van der Waals surface area contributed by atoms with E-state index < -0.39 is 28.8 Å². The SMILES string of the molecule is CC(O)(CS)C(=O)Nc1ccc(C#N)c(C(F)(F)F)c1. The number of benzene rings is 1. The normalized spacial score (nSPS) is 14.2. The summed E-state index contributed by atoms with van der Waals surface area (Å²) in [6.07, 6.45) is -4.71. The van der Waals surface area contributed by atoms with Crippen LogP contribution < -0.4 is 5.32 Å². The molecule has 0 radical (unpaired) electrons. The van der Waals surface area contributed by atoms with Gasteiger partial charge in [-0.3, -0.25) is 4.79 Å². The zero-order valence-corrected chi connectivity index (χ0v) is 11.2. The monoisotopic (exact) mass is 304 g/mol. The molecule has 0 heterocycles. The summed E-state index contributed by atoms with van der Waals surface area (Å²) >= 11 is 3.77. The maximum atomic E-state index is 12.7. The Labute approximate surface area is 118 Å². The van der Waals surface area contributed by atoms with Gasteiger partial charge in [0, 0.05) is 11.4 Å². The van der Waals surface area contributed by atoms with Crippen LogP contribution in [0.25, 0.3) is 0 Å². The van der Waals surface area contributed by atoms with Crippen molar-refractivity contribution in [2.75, 3.05) is 11.1 Å². The number of carbonyl (C=O) groups excluding carboxylic acids is 1. The number of hydrogen-bond acceptors (Lipinski definition) is 4. The number of alkyl halides is 3. The summed E-state index contributed by atoms with van der Waals surface area (Å²) in [5.74, 6) is -1.08. The first kappa shape index (κ1) is 16.3. The van der Waals surface area contributed by atoms with Gasteiger partial charge in [-0.25, -0.2) is 0 Å². The van der Waals surface area contributed by atoms with Gasteiger partial charge in [-0.1, -0.05) is 0 Å². The number of amides is 1. The van der Waals surface area contributed by atoms with Crippen molar-refractivity contribution in [3.8, 4) is 6.07 Å². The highest BCUT2D eigenvalue weighted by atomic mass is 32.1. The Kier molecular flexibility index (Phi) is 4.68. The molecule has 0 aliphatic rings. The molecule has 0 fully saturated rings. The van der Waals surface area contributed by atoms with Gasteiger partial charge in [-0.05, 0) is 25.1 Å². The van der Waals surface area contributed by atoms with E-state index in [0.29, 0.717) is 6.07 Å². The fourth-order valence-electron chi connectivity index (χ4n) is 1.29. The molecule has 1 atom stereocenters. The van der Waals surface area contributed by atoms with Gasteiger partial charge in [-0.15, -0.1) is 0 Å². The molecular weight excluding hydrogens is 293 g/mol. The van der Waals surface area contributed by atoms with Gasteiger partial charge in [0.2, 0.25) is 0 Å². The van der Waals surface area contributed by atoms with Crippen LogP contribution in [-0.2, 0) is 11.0 Å². The lowest BCUT2D eigenvalue weighted by atomic mass is 10.1. The van der Waals surface area contributed by atoms with Crippen molar-refractivity contribution in [2.24, 2.45) is 0 Å². The second kappa shape index (κ2) is 5.73. The standard InChI is InChI=1S/C12H11F3N2O2S/c1-11(19,6-20)10(18)17-8-3-2-7(5-16)9(4-8)12(13,14)15/h2-4,19-20H,6H2,1H3,(H,17,18). The van der Waals surface area contributed by atoms with Crippen molar-refractivity contribution in [3.63, 3.8) is 0 Å². The summed E-state index contributed by atoms with van der Waals surface area (Å²) < 4.78 is 38.2. The minimum atomic E-state index is -4.71.